The van der Waals surface area contributed by atoms with E-state index in [-0.39, 0.29) is 6.61 Å². The number of nitrogens with one attached hydrogen (secondary N) is 1. The van der Waals surface area contributed by atoms with E-state index < -0.39 is 36.5 Å². The van der Waals surface area contributed by atoms with Gasteiger partial charge in [0.1, 0.15) is 30.0 Å². The summed E-state index contributed by atoms with van der Waals surface area (Å²) in [5.41, 5.74) is 1.06. The van der Waals surface area contributed by atoms with Crippen molar-refractivity contribution >= 4 is 35.3 Å². The first kappa shape index (κ1) is 18.4. The topological polar surface area (TPSA) is 118 Å². The summed E-state index contributed by atoms with van der Waals surface area (Å²) in [6, 6.07) is 0. The van der Waals surface area contributed by atoms with Crippen molar-refractivity contribution in [1.29, 1.82) is 0 Å². The van der Waals surface area contributed by atoms with Crippen LogP contribution >= 0.6 is 12.2 Å². The van der Waals surface area contributed by atoms with Gasteiger partial charge in [-0.25, -0.2) is 9.97 Å². The fraction of sp³-hybridized carbons (Fsp3) is 0.533. The lowest BCUT2D eigenvalue weighted by Gasteiger charge is -2.23. The van der Waals surface area contributed by atoms with Crippen molar-refractivity contribution in [2.75, 3.05) is 13.7 Å². The molecule has 10 nitrogen and oxygen atoms in total. The lowest BCUT2D eigenvalue weighted by Crippen LogP contribution is -2.38. The molecule has 3 heterocycles. The second-order valence-electron chi connectivity index (χ2n) is 5.70. The maximum absolute atomic E-state index is 11.6. The highest BCUT2D eigenvalue weighted by molar-refractivity contribution is 7.71. The summed E-state index contributed by atoms with van der Waals surface area (Å²) in [7, 11) is 1.47. The Labute approximate surface area is 153 Å². The van der Waals surface area contributed by atoms with Gasteiger partial charge in [0.2, 0.25) is 0 Å². The third-order valence-electron chi connectivity index (χ3n) is 3.96. The Morgan fingerprint density at radius 1 is 1.31 bits per heavy atom. The summed E-state index contributed by atoms with van der Waals surface area (Å²) >= 11 is 5.17. The summed E-state index contributed by atoms with van der Waals surface area (Å²) in [4.78, 5) is 33.9. The van der Waals surface area contributed by atoms with Crippen molar-refractivity contribution in [2.24, 2.45) is 0 Å². The van der Waals surface area contributed by atoms with Gasteiger partial charge in [0.15, 0.2) is 17.0 Å². The van der Waals surface area contributed by atoms with Gasteiger partial charge in [-0.1, -0.05) is 12.2 Å². The number of carbonyl (C=O) groups is 2. The second kappa shape index (κ2) is 7.48. The molecule has 0 aliphatic carbocycles. The summed E-state index contributed by atoms with van der Waals surface area (Å²) in [6.07, 6.45) is 0.183. The zero-order valence-electron chi connectivity index (χ0n) is 14.4. The number of ether oxygens (including phenoxy) is 4. The molecule has 1 N–H and O–H groups in total. The highest BCUT2D eigenvalue weighted by Crippen LogP contribution is 2.35. The van der Waals surface area contributed by atoms with Crippen molar-refractivity contribution in [3.8, 4) is 0 Å². The minimum atomic E-state index is -0.773. The Kier molecular flexibility index (Phi) is 5.30. The lowest BCUT2D eigenvalue weighted by molar-refractivity contribution is -0.156. The largest absolute Gasteiger partial charge is 0.463 e. The van der Waals surface area contributed by atoms with Gasteiger partial charge in [-0.05, 0) is 0 Å². The Morgan fingerprint density at radius 3 is 2.73 bits per heavy atom. The fourth-order valence-electron chi connectivity index (χ4n) is 2.93. The van der Waals surface area contributed by atoms with Gasteiger partial charge in [-0.2, -0.15) is 0 Å². The third-order valence-corrected chi connectivity index (χ3v) is 4.26. The maximum atomic E-state index is 11.6. The first-order valence-corrected chi connectivity index (χ1v) is 8.22. The van der Waals surface area contributed by atoms with Gasteiger partial charge < -0.3 is 23.9 Å². The molecule has 4 atom stereocenters. The molecule has 140 valence electrons. The molecule has 3 rings (SSSR count). The van der Waals surface area contributed by atoms with Crippen LogP contribution in [0.15, 0.2) is 12.7 Å². The molecule has 0 aromatic carbocycles. The van der Waals surface area contributed by atoms with Crippen LogP contribution in [0.5, 0.6) is 0 Å². The predicted molar refractivity (Wildman–Crippen MR) is 89.6 cm³/mol. The van der Waals surface area contributed by atoms with E-state index in [1.54, 1.807) is 4.57 Å². The van der Waals surface area contributed by atoms with Gasteiger partial charge in [0.25, 0.3) is 0 Å². The summed E-state index contributed by atoms with van der Waals surface area (Å²) in [5.74, 6) is -0.933. The number of hydrogen-bond donors (Lipinski definition) is 1. The van der Waals surface area contributed by atoms with Gasteiger partial charge in [-0.15, -0.1) is 0 Å². The smallest absolute Gasteiger partial charge is 0.303 e. The Hall–Kier alpha value is -2.37. The van der Waals surface area contributed by atoms with Crippen molar-refractivity contribution < 1.29 is 28.5 Å². The van der Waals surface area contributed by atoms with E-state index >= 15 is 0 Å². The van der Waals surface area contributed by atoms with Crippen LogP contribution in [0.4, 0.5) is 0 Å². The first-order valence-electron chi connectivity index (χ1n) is 7.81. The SMILES string of the molecule is CO[C@@H]1[C@H](OC(C)=O)[C@H](n2cnc3c(=S)nc[nH]c32)O[C@H]1COC(C)=O. The normalized spacial score (nSPS) is 25.3. The van der Waals surface area contributed by atoms with Gasteiger partial charge >= 0.3 is 11.9 Å². The number of nitrogens with zero attached hydrogens (tertiary/aromatic N) is 3. The molecule has 2 aromatic rings. The van der Waals surface area contributed by atoms with E-state index in [4.69, 9.17) is 31.2 Å². The molecular weight excluding hydrogens is 364 g/mol. The molecule has 1 fully saturated rings. The molecule has 0 amide bonds. The number of methoxy groups -OCH3 is 1. The number of imidazole rings is 1. The van der Waals surface area contributed by atoms with Crippen molar-refractivity contribution in [1.82, 2.24) is 19.5 Å². The zero-order valence-corrected chi connectivity index (χ0v) is 15.2. The molecule has 2 aromatic heterocycles. The quantitative estimate of drug-likeness (QED) is 0.594. The summed E-state index contributed by atoms with van der Waals surface area (Å²) < 4.78 is 23.9. The minimum Gasteiger partial charge on any atom is -0.463 e. The van der Waals surface area contributed by atoms with Crippen LogP contribution in [0.25, 0.3) is 11.2 Å². The molecule has 1 aliphatic heterocycles. The average molecular weight is 382 g/mol. The van der Waals surface area contributed by atoms with Gasteiger partial charge in [0, 0.05) is 21.0 Å². The fourth-order valence-corrected chi connectivity index (χ4v) is 3.14. The standard InChI is InChI=1S/C15H18N4O6S/c1-7(20)23-4-9-11(22-3)12(24-8(2)21)15(25-9)19-6-18-10-13(19)16-5-17-14(10)26/h5-6,9,11-12,15H,4H2,1-3H3,(H,16,17,26)/t9-,11-,12-,15+/m0/s1. The van der Waals surface area contributed by atoms with Crippen LogP contribution in [0.1, 0.15) is 20.1 Å². The number of rotatable bonds is 5. The number of carbonyl (C=O) groups excluding carboxylic acids is 2. The molecule has 0 saturated carbocycles. The van der Waals surface area contributed by atoms with Crippen LogP contribution < -0.4 is 0 Å². The van der Waals surface area contributed by atoms with Crippen molar-refractivity contribution in [2.45, 2.75) is 38.4 Å². The summed E-state index contributed by atoms with van der Waals surface area (Å²) in [6.45, 7) is 2.56. The number of esters is 2. The van der Waals surface area contributed by atoms with Crippen molar-refractivity contribution in [3.63, 3.8) is 0 Å². The van der Waals surface area contributed by atoms with Crippen molar-refractivity contribution in [3.05, 3.63) is 17.3 Å². The van der Waals surface area contributed by atoms with E-state index in [0.29, 0.717) is 15.8 Å². The van der Waals surface area contributed by atoms with Crippen LogP contribution in [-0.2, 0) is 28.5 Å². The number of aromatic nitrogens is 4. The molecule has 26 heavy (non-hydrogen) atoms. The van der Waals surface area contributed by atoms with Gasteiger partial charge in [-0.3, -0.25) is 14.2 Å². The summed E-state index contributed by atoms with van der Waals surface area (Å²) in [5, 5.41) is 0. The monoisotopic (exact) mass is 382 g/mol. The minimum absolute atomic E-state index is 0.0354. The number of hydrogen-bond acceptors (Lipinski definition) is 9. The Bertz CT molecular complexity index is 880. The Balaban J connectivity index is 1.99. The lowest BCUT2D eigenvalue weighted by atomic mass is 10.1. The van der Waals surface area contributed by atoms with E-state index in [0.717, 1.165) is 0 Å². The van der Waals surface area contributed by atoms with Crippen LogP contribution in [0, 0.1) is 4.64 Å². The molecular formula is C15H18N4O6S. The second-order valence-corrected chi connectivity index (χ2v) is 6.09. The molecule has 1 saturated heterocycles. The van der Waals surface area contributed by atoms with Crippen LogP contribution in [0.3, 0.4) is 0 Å². The molecule has 11 heteroatoms. The van der Waals surface area contributed by atoms with E-state index in [2.05, 4.69) is 15.0 Å². The molecule has 1 aliphatic rings. The Morgan fingerprint density at radius 2 is 2.08 bits per heavy atom. The zero-order chi connectivity index (χ0) is 18.8. The first-order chi connectivity index (χ1) is 12.4. The van der Waals surface area contributed by atoms with Crippen LogP contribution in [-0.4, -0.2) is 63.5 Å². The number of H-pyrrole nitrogens is 1. The van der Waals surface area contributed by atoms with Gasteiger partial charge in [0.05, 0.1) is 12.7 Å². The van der Waals surface area contributed by atoms with E-state index in [1.165, 1.54) is 33.6 Å². The highest BCUT2D eigenvalue weighted by Gasteiger charge is 2.49. The molecule has 0 unspecified atom stereocenters. The maximum Gasteiger partial charge on any atom is 0.303 e. The molecule has 0 spiro atoms. The predicted octanol–water partition coefficient (Wildman–Crippen LogP) is 0.896. The number of aromatic amines is 1. The number of fused-ring (bicyclic) bond motifs is 1. The molecule has 0 radical (unpaired) electrons. The highest BCUT2D eigenvalue weighted by atomic mass is 32.1. The average Bonchev–Trinajstić information content (AvgIpc) is 3.14. The third kappa shape index (κ3) is 3.45. The van der Waals surface area contributed by atoms with Crippen LogP contribution in [0.2, 0.25) is 0 Å². The molecule has 0 bridgehead atoms. The van der Waals surface area contributed by atoms with E-state index in [1.807, 2.05) is 0 Å². The van der Waals surface area contributed by atoms with E-state index in [9.17, 15) is 9.59 Å².